The quantitative estimate of drug-likeness (QED) is 0.598. The van der Waals surface area contributed by atoms with Crippen LogP contribution in [0.3, 0.4) is 0 Å². The van der Waals surface area contributed by atoms with Gasteiger partial charge in [0.1, 0.15) is 5.75 Å². The first-order valence-corrected chi connectivity index (χ1v) is 8.34. The first kappa shape index (κ1) is 15.8. The normalized spacial score (nSPS) is 10.2. The Morgan fingerprint density at radius 1 is 1.10 bits per heavy atom. The van der Waals surface area contributed by atoms with Crippen LogP contribution in [0.4, 0.5) is 5.69 Å². The molecule has 104 valence electrons. The second-order valence-electron chi connectivity index (χ2n) is 3.91. The predicted molar refractivity (Wildman–Crippen MR) is 95.1 cm³/mol. The number of benzene rings is 2. The van der Waals surface area contributed by atoms with Crippen molar-refractivity contribution in [2.75, 3.05) is 11.9 Å². The molecule has 3 nitrogen and oxygen atoms in total. The highest BCUT2D eigenvalue weighted by atomic mass is 127. The van der Waals surface area contributed by atoms with Gasteiger partial charge in [-0.3, -0.25) is 4.79 Å². The van der Waals surface area contributed by atoms with E-state index in [0.29, 0.717) is 5.75 Å². The molecule has 0 radical (unpaired) electrons. The molecule has 0 aliphatic heterocycles. The Morgan fingerprint density at radius 3 is 2.40 bits per heavy atom. The summed E-state index contributed by atoms with van der Waals surface area (Å²) in [5.41, 5.74) is 0.776. The van der Waals surface area contributed by atoms with Gasteiger partial charge in [0.15, 0.2) is 6.61 Å². The van der Waals surface area contributed by atoms with E-state index in [1.807, 2.05) is 30.3 Å². The zero-order valence-corrected chi connectivity index (χ0v) is 15.5. The molecule has 0 heterocycles. The highest BCUT2D eigenvalue weighted by molar-refractivity contribution is 14.1. The second kappa shape index (κ2) is 7.42. The van der Waals surface area contributed by atoms with E-state index in [1.165, 1.54) is 0 Å². The molecule has 20 heavy (non-hydrogen) atoms. The summed E-state index contributed by atoms with van der Waals surface area (Å²) in [7, 11) is 0. The Bertz CT molecular complexity index is 617. The molecule has 2 aromatic rings. The van der Waals surface area contributed by atoms with E-state index in [4.69, 9.17) is 4.74 Å². The number of ether oxygens (including phenoxy) is 1. The molecule has 2 rings (SSSR count). The third kappa shape index (κ3) is 4.75. The van der Waals surface area contributed by atoms with Gasteiger partial charge in [-0.25, -0.2) is 0 Å². The van der Waals surface area contributed by atoms with Gasteiger partial charge in [0.05, 0.1) is 5.69 Å². The number of anilines is 1. The summed E-state index contributed by atoms with van der Waals surface area (Å²) in [5, 5.41) is 2.82. The minimum atomic E-state index is -0.187. The average Bonchev–Trinajstić information content (AvgIpc) is 2.41. The number of carbonyl (C=O) groups is 1. The Balaban J connectivity index is 1.90. The summed E-state index contributed by atoms with van der Waals surface area (Å²) in [4.78, 5) is 11.8. The van der Waals surface area contributed by atoms with Crippen LogP contribution in [0.25, 0.3) is 0 Å². The Kier molecular flexibility index (Phi) is 5.86. The van der Waals surface area contributed by atoms with Gasteiger partial charge in [-0.05, 0) is 65.1 Å². The molecule has 0 saturated carbocycles. The van der Waals surface area contributed by atoms with Crippen LogP contribution in [-0.4, -0.2) is 12.5 Å². The summed E-state index contributed by atoms with van der Waals surface area (Å²) in [6.07, 6.45) is 0. The number of nitrogens with one attached hydrogen (secondary N) is 1. The fourth-order valence-electron chi connectivity index (χ4n) is 1.46. The fraction of sp³-hybridized carbons (Fsp3) is 0.0714. The lowest BCUT2D eigenvalue weighted by atomic mass is 10.3. The lowest BCUT2D eigenvalue weighted by Gasteiger charge is -2.09. The molecule has 1 amide bonds. The van der Waals surface area contributed by atoms with E-state index in [0.717, 1.165) is 18.2 Å². The van der Waals surface area contributed by atoms with E-state index in [-0.39, 0.29) is 12.5 Å². The maximum Gasteiger partial charge on any atom is 0.262 e. The maximum absolute atomic E-state index is 11.8. The summed E-state index contributed by atoms with van der Waals surface area (Å²) in [5.74, 6) is 0.474. The zero-order chi connectivity index (χ0) is 14.5. The molecule has 0 saturated heterocycles. The molecule has 0 fully saturated rings. The Labute approximate surface area is 147 Å². The van der Waals surface area contributed by atoms with Crippen LogP contribution in [0.15, 0.2) is 51.4 Å². The van der Waals surface area contributed by atoms with E-state index in [9.17, 15) is 4.79 Å². The highest BCUT2D eigenvalue weighted by Gasteiger charge is 2.07. The minimum Gasteiger partial charge on any atom is -0.484 e. The molecule has 0 unspecified atom stereocenters. The van der Waals surface area contributed by atoms with E-state index < -0.39 is 0 Å². The molecule has 0 aliphatic rings. The molecule has 0 spiro atoms. The molecule has 0 atom stereocenters. The van der Waals surface area contributed by atoms with Crippen LogP contribution in [0.5, 0.6) is 5.75 Å². The van der Waals surface area contributed by atoms with Gasteiger partial charge < -0.3 is 10.1 Å². The molecule has 0 aromatic heterocycles. The van der Waals surface area contributed by atoms with Crippen LogP contribution in [0.2, 0.25) is 0 Å². The van der Waals surface area contributed by atoms with Crippen molar-refractivity contribution in [3.05, 3.63) is 55.0 Å². The van der Waals surface area contributed by atoms with Crippen LogP contribution in [0, 0.1) is 3.57 Å². The van der Waals surface area contributed by atoms with Crippen molar-refractivity contribution < 1.29 is 9.53 Å². The van der Waals surface area contributed by atoms with E-state index >= 15 is 0 Å². The monoisotopic (exact) mass is 509 g/mol. The van der Waals surface area contributed by atoms with E-state index in [1.54, 1.807) is 12.1 Å². The number of carbonyl (C=O) groups excluding carboxylic acids is 1. The van der Waals surface area contributed by atoms with E-state index in [2.05, 4.69) is 59.8 Å². The maximum atomic E-state index is 11.8. The lowest BCUT2D eigenvalue weighted by Crippen LogP contribution is -2.20. The Morgan fingerprint density at radius 2 is 1.75 bits per heavy atom. The molecule has 0 bridgehead atoms. The van der Waals surface area contributed by atoms with Crippen molar-refractivity contribution in [3.8, 4) is 5.75 Å². The van der Waals surface area contributed by atoms with Crippen molar-refractivity contribution in [1.82, 2.24) is 0 Å². The van der Waals surface area contributed by atoms with Gasteiger partial charge in [0.25, 0.3) is 5.91 Å². The zero-order valence-electron chi connectivity index (χ0n) is 10.2. The molecule has 0 aliphatic carbocycles. The molecular formula is C14H10Br2INO2. The van der Waals surface area contributed by atoms with Crippen LogP contribution >= 0.6 is 54.5 Å². The number of halogens is 3. The smallest absolute Gasteiger partial charge is 0.262 e. The SMILES string of the molecule is O=C(COc1ccc(Br)cc1)Nc1ccc(Br)cc1I. The summed E-state index contributed by atoms with van der Waals surface area (Å²) < 4.78 is 8.33. The number of hydrogen-bond acceptors (Lipinski definition) is 2. The van der Waals surface area contributed by atoms with Crippen molar-refractivity contribution in [2.45, 2.75) is 0 Å². The molecule has 2 aromatic carbocycles. The average molecular weight is 511 g/mol. The predicted octanol–water partition coefficient (Wildman–Crippen LogP) is 4.83. The van der Waals surface area contributed by atoms with Crippen molar-refractivity contribution >= 4 is 66.0 Å². The first-order valence-electron chi connectivity index (χ1n) is 5.68. The van der Waals surface area contributed by atoms with Gasteiger partial charge in [0.2, 0.25) is 0 Å². The number of rotatable bonds is 4. The van der Waals surface area contributed by atoms with Crippen molar-refractivity contribution in [1.29, 1.82) is 0 Å². The summed E-state index contributed by atoms with van der Waals surface area (Å²) in [6, 6.07) is 13.0. The fourth-order valence-corrected chi connectivity index (χ4v) is 3.16. The summed E-state index contributed by atoms with van der Waals surface area (Å²) >= 11 is 8.90. The van der Waals surface area contributed by atoms with Crippen LogP contribution in [-0.2, 0) is 4.79 Å². The van der Waals surface area contributed by atoms with Gasteiger partial charge in [-0.1, -0.05) is 31.9 Å². The van der Waals surface area contributed by atoms with Crippen molar-refractivity contribution in [3.63, 3.8) is 0 Å². The topological polar surface area (TPSA) is 38.3 Å². The largest absolute Gasteiger partial charge is 0.484 e. The third-order valence-electron chi connectivity index (χ3n) is 2.39. The second-order valence-corrected chi connectivity index (χ2v) is 6.91. The van der Waals surface area contributed by atoms with Crippen LogP contribution in [0.1, 0.15) is 0 Å². The standard InChI is InChI=1S/C14H10Br2INO2/c15-9-1-4-11(5-2-9)20-8-14(19)18-13-6-3-10(16)7-12(13)17/h1-7H,8H2,(H,18,19). The number of hydrogen-bond donors (Lipinski definition) is 1. The van der Waals surface area contributed by atoms with Gasteiger partial charge in [-0.15, -0.1) is 0 Å². The molecule has 1 N–H and O–H groups in total. The first-order chi connectivity index (χ1) is 9.54. The molecular weight excluding hydrogens is 501 g/mol. The summed E-state index contributed by atoms with van der Waals surface area (Å²) in [6.45, 7) is -0.0201. The van der Waals surface area contributed by atoms with Crippen molar-refractivity contribution in [2.24, 2.45) is 0 Å². The Hall–Kier alpha value is -0.600. The van der Waals surface area contributed by atoms with Gasteiger partial charge in [-0.2, -0.15) is 0 Å². The third-order valence-corrected chi connectivity index (χ3v) is 4.30. The van der Waals surface area contributed by atoms with Crippen LogP contribution < -0.4 is 10.1 Å². The lowest BCUT2D eigenvalue weighted by molar-refractivity contribution is -0.118. The van der Waals surface area contributed by atoms with Gasteiger partial charge >= 0.3 is 0 Å². The van der Waals surface area contributed by atoms with Gasteiger partial charge in [0, 0.05) is 12.5 Å². The number of amides is 1. The molecule has 6 heteroatoms. The highest BCUT2D eigenvalue weighted by Crippen LogP contribution is 2.22. The minimum absolute atomic E-state index is 0.0201.